The minimum Gasteiger partial charge on any atom is -0.341 e. The number of nitrogens with zero attached hydrogens (tertiary/aromatic N) is 4. The number of piperidine rings is 2. The van der Waals surface area contributed by atoms with Crippen LogP contribution in [0.3, 0.4) is 0 Å². The van der Waals surface area contributed by atoms with Gasteiger partial charge in [0.1, 0.15) is 0 Å². The highest BCUT2D eigenvalue weighted by atomic mass is 16.2. The van der Waals surface area contributed by atoms with Crippen molar-refractivity contribution in [3.8, 4) is 0 Å². The van der Waals surface area contributed by atoms with E-state index >= 15 is 0 Å². The lowest BCUT2D eigenvalue weighted by Crippen LogP contribution is -2.54. The number of hydrogen-bond donors (Lipinski definition) is 1. The fourth-order valence-electron chi connectivity index (χ4n) is 4.22. The average Bonchev–Trinajstić information content (AvgIpc) is 2.67. The zero-order valence-electron chi connectivity index (χ0n) is 16.5. The molecule has 27 heavy (non-hydrogen) atoms. The van der Waals surface area contributed by atoms with Crippen molar-refractivity contribution >= 4 is 11.8 Å². The molecule has 0 bridgehead atoms. The lowest BCUT2D eigenvalue weighted by molar-refractivity contribution is -0.143. The summed E-state index contributed by atoms with van der Waals surface area (Å²) in [6.45, 7) is 6.68. The van der Waals surface area contributed by atoms with Crippen molar-refractivity contribution in [1.29, 1.82) is 0 Å². The molecule has 2 aliphatic rings. The van der Waals surface area contributed by atoms with Crippen LogP contribution in [0.2, 0.25) is 0 Å². The summed E-state index contributed by atoms with van der Waals surface area (Å²) in [5.41, 5.74) is 7.81. The maximum absolute atomic E-state index is 12.5. The molecule has 0 unspecified atom stereocenters. The Morgan fingerprint density at radius 2 is 2.00 bits per heavy atom. The van der Waals surface area contributed by atoms with Crippen LogP contribution in [0.5, 0.6) is 0 Å². The van der Waals surface area contributed by atoms with Crippen LogP contribution in [0.4, 0.5) is 0 Å². The quantitative estimate of drug-likeness (QED) is 0.847. The van der Waals surface area contributed by atoms with E-state index in [-0.39, 0.29) is 23.3 Å². The normalized spacial score (nSPS) is 20.8. The van der Waals surface area contributed by atoms with Gasteiger partial charge in [0.2, 0.25) is 11.8 Å². The third-order valence-electron chi connectivity index (χ3n) is 5.99. The summed E-state index contributed by atoms with van der Waals surface area (Å²) in [6.07, 6.45) is 8.49. The zero-order valence-corrected chi connectivity index (χ0v) is 16.5. The Morgan fingerprint density at radius 1 is 1.26 bits per heavy atom. The standard InChI is InChI=1S/C20H31N5O2/c1-3-4-17(21)19(27)24-9-7-20(8-10-24)6-5-18(26)25(14-20)13-16-12-22-15(2)11-23-16/h11-12,17H,3-10,13-14,21H2,1-2H3/t17-/m0/s1. The lowest BCUT2D eigenvalue weighted by atomic mass is 9.72. The van der Waals surface area contributed by atoms with Crippen LogP contribution in [0.25, 0.3) is 0 Å². The number of likely N-dealkylation sites (tertiary alicyclic amines) is 2. The first kappa shape index (κ1) is 19.7. The van der Waals surface area contributed by atoms with Gasteiger partial charge in [-0.25, -0.2) is 0 Å². The maximum atomic E-state index is 12.5. The highest BCUT2D eigenvalue weighted by molar-refractivity contribution is 5.81. The second-order valence-electron chi connectivity index (χ2n) is 8.12. The van der Waals surface area contributed by atoms with E-state index in [1.807, 2.05) is 23.6 Å². The Balaban J connectivity index is 1.60. The van der Waals surface area contributed by atoms with Crippen LogP contribution in [0.15, 0.2) is 12.4 Å². The molecule has 2 aliphatic heterocycles. The average molecular weight is 374 g/mol. The summed E-state index contributed by atoms with van der Waals surface area (Å²) < 4.78 is 0. The molecule has 2 amide bonds. The number of aromatic nitrogens is 2. The monoisotopic (exact) mass is 373 g/mol. The van der Waals surface area contributed by atoms with Gasteiger partial charge in [0, 0.05) is 32.3 Å². The number of carbonyl (C=O) groups excluding carboxylic acids is 2. The summed E-state index contributed by atoms with van der Waals surface area (Å²) in [4.78, 5) is 37.4. The van der Waals surface area contributed by atoms with E-state index in [0.29, 0.717) is 13.0 Å². The van der Waals surface area contributed by atoms with E-state index in [2.05, 4.69) is 9.97 Å². The van der Waals surface area contributed by atoms with Crippen molar-refractivity contribution in [2.45, 2.75) is 65.0 Å². The molecule has 1 aromatic rings. The van der Waals surface area contributed by atoms with Gasteiger partial charge in [-0.2, -0.15) is 0 Å². The highest BCUT2D eigenvalue weighted by Crippen LogP contribution is 2.40. The van der Waals surface area contributed by atoms with E-state index < -0.39 is 0 Å². The van der Waals surface area contributed by atoms with Crippen molar-refractivity contribution in [2.75, 3.05) is 19.6 Å². The van der Waals surface area contributed by atoms with Crippen LogP contribution in [-0.4, -0.2) is 57.3 Å². The van der Waals surface area contributed by atoms with Gasteiger partial charge in [0.15, 0.2) is 0 Å². The second-order valence-corrected chi connectivity index (χ2v) is 8.12. The molecule has 2 N–H and O–H groups in total. The summed E-state index contributed by atoms with van der Waals surface area (Å²) in [6, 6.07) is -0.381. The van der Waals surface area contributed by atoms with E-state index in [1.54, 1.807) is 12.4 Å². The molecule has 1 aromatic heterocycles. The topological polar surface area (TPSA) is 92.4 Å². The minimum absolute atomic E-state index is 0.0744. The van der Waals surface area contributed by atoms with E-state index in [4.69, 9.17) is 5.73 Å². The third-order valence-corrected chi connectivity index (χ3v) is 5.99. The molecule has 0 radical (unpaired) electrons. The Hall–Kier alpha value is -2.02. The molecule has 3 heterocycles. The van der Waals surface area contributed by atoms with Gasteiger partial charge in [0.25, 0.3) is 0 Å². The molecule has 0 aliphatic carbocycles. The smallest absolute Gasteiger partial charge is 0.239 e. The molecule has 7 nitrogen and oxygen atoms in total. The number of nitrogens with two attached hydrogens (primary N) is 1. The van der Waals surface area contributed by atoms with Crippen LogP contribution < -0.4 is 5.73 Å². The Morgan fingerprint density at radius 3 is 2.63 bits per heavy atom. The van der Waals surface area contributed by atoms with Gasteiger partial charge in [-0.15, -0.1) is 0 Å². The van der Waals surface area contributed by atoms with Crippen molar-refractivity contribution in [2.24, 2.45) is 11.1 Å². The third kappa shape index (κ3) is 4.64. The fraction of sp³-hybridized carbons (Fsp3) is 0.700. The number of hydrogen-bond acceptors (Lipinski definition) is 5. The molecule has 148 valence electrons. The van der Waals surface area contributed by atoms with Crippen molar-refractivity contribution < 1.29 is 9.59 Å². The van der Waals surface area contributed by atoms with E-state index in [0.717, 1.165) is 63.1 Å². The van der Waals surface area contributed by atoms with Crippen LogP contribution in [-0.2, 0) is 16.1 Å². The first-order valence-electron chi connectivity index (χ1n) is 10.0. The summed E-state index contributed by atoms with van der Waals surface area (Å²) in [5.74, 6) is 0.261. The molecule has 1 atom stereocenters. The predicted molar refractivity (Wildman–Crippen MR) is 103 cm³/mol. The zero-order chi connectivity index (χ0) is 19.4. The second kappa shape index (κ2) is 8.33. The molecule has 7 heteroatoms. The van der Waals surface area contributed by atoms with E-state index in [9.17, 15) is 9.59 Å². The van der Waals surface area contributed by atoms with Crippen molar-refractivity contribution in [1.82, 2.24) is 19.8 Å². The maximum Gasteiger partial charge on any atom is 0.239 e. The van der Waals surface area contributed by atoms with Crippen molar-refractivity contribution in [3.63, 3.8) is 0 Å². The van der Waals surface area contributed by atoms with Crippen LogP contribution >= 0.6 is 0 Å². The largest absolute Gasteiger partial charge is 0.341 e. The summed E-state index contributed by atoms with van der Waals surface area (Å²) in [7, 11) is 0. The van der Waals surface area contributed by atoms with Gasteiger partial charge in [-0.05, 0) is 38.0 Å². The molecular weight excluding hydrogens is 342 g/mol. The first-order valence-corrected chi connectivity index (χ1v) is 10.0. The van der Waals surface area contributed by atoms with Gasteiger partial charge < -0.3 is 15.5 Å². The summed E-state index contributed by atoms with van der Waals surface area (Å²) >= 11 is 0. The predicted octanol–water partition coefficient (Wildman–Crippen LogP) is 1.64. The van der Waals surface area contributed by atoms with Gasteiger partial charge in [0.05, 0.1) is 30.2 Å². The Bertz CT molecular complexity index is 667. The molecular formula is C20H31N5O2. The van der Waals surface area contributed by atoms with Crippen LogP contribution in [0.1, 0.15) is 56.8 Å². The molecule has 2 fully saturated rings. The lowest BCUT2D eigenvalue weighted by Gasteiger charge is -2.47. The van der Waals surface area contributed by atoms with Gasteiger partial charge >= 0.3 is 0 Å². The fourth-order valence-corrected chi connectivity index (χ4v) is 4.22. The SMILES string of the molecule is CCC[C@H](N)C(=O)N1CCC2(CCC(=O)N(Cc3cnc(C)cn3)C2)CC1. The highest BCUT2D eigenvalue weighted by Gasteiger charge is 2.42. The van der Waals surface area contributed by atoms with Crippen LogP contribution in [0, 0.1) is 12.3 Å². The summed E-state index contributed by atoms with van der Waals surface area (Å²) in [5, 5.41) is 0. The minimum atomic E-state index is -0.381. The number of carbonyl (C=O) groups is 2. The number of rotatable bonds is 5. The Kier molecular flexibility index (Phi) is 6.09. The number of amides is 2. The Labute approximate surface area is 161 Å². The molecule has 2 saturated heterocycles. The van der Waals surface area contributed by atoms with Gasteiger partial charge in [-0.3, -0.25) is 19.6 Å². The number of aryl methyl sites for hydroxylation is 1. The molecule has 1 spiro atoms. The molecule has 0 aromatic carbocycles. The molecule has 3 rings (SSSR count). The van der Waals surface area contributed by atoms with Crippen molar-refractivity contribution in [3.05, 3.63) is 23.8 Å². The first-order chi connectivity index (χ1) is 12.9. The van der Waals surface area contributed by atoms with E-state index in [1.165, 1.54) is 0 Å². The molecule has 0 saturated carbocycles. The van der Waals surface area contributed by atoms with Gasteiger partial charge in [-0.1, -0.05) is 13.3 Å².